The van der Waals surface area contributed by atoms with Crippen LogP contribution in [0.4, 0.5) is 0 Å². The second-order valence-corrected chi connectivity index (χ2v) is 7.99. The van der Waals surface area contributed by atoms with E-state index in [1.807, 2.05) is 30.3 Å². The second kappa shape index (κ2) is 5.50. The van der Waals surface area contributed by atoms with Crippen molar-refractivity contribution in [1.82, 2.24) is 0 Å². The first kappa shape index (κ1) is 13.5. The Labute approximate surface area is 122 Å². The molecule has 0 spiro atoms. The Morgan fingerprint density at radius 3 is 2.45 bits per heavy atom. The molecule has 0 aromatic heterocycles. The fraction of sp³-hybridized carbons (Fsp3) is 0.200. The van der Waals surface area contributed by atoms with Gasteiger partial charge in [-0.15, -0.1) is 0 Å². The van der Waals surface area contributed by atoms with Crippen LogP contribution in [0.15, 0.2) is 59.5 Å². The molecule has 3 nitrogen and oxygen atoms in total. The monoisotopic (exact) mass is 306 g/mol. The molecule has 3 rings (SSSR count). The summed E-state index contributed by atoms with van der Waals surface area (Å²) < 4.78 is 30.1. The van der Waals surface area contributed by atoms with Gasteiger partial charge in [-0.05, 0) is 30.3 Å². The van der Waals surface area contributed by atoms with Crippen molar-refractivity contribution in [3.63, 3.8) is 0 Å². The number of rotatable bonds is 5. The van der Waals surface area contributed by atoms with Crippen LogP contribution in [-0.2, 0) is 9.84 Å². The molecular weight excluding hydrogens is 292 g/mol. The number of sulfone groups is 1. The molecule has 0 saturated carbocycles. The molecule has 1 aliphatic rings. The number of hydrogen-bond donors (Lipinski definition) is 0. The van der Waals surface area contributed by atoms with E-state index in [2.05, 4.69) is 0 Å². The van der Waals surface area contributed by atoms with Gasteiger partial charge in [0, 0.05) is 11.0 Å². The first-order valence-corrected chi connectivity index (χ1v) is 9.01. The topological polar surface area (TPSA) is 43.4 Å². The molecule has 0 aliphatic carbocycles. The van der Waals surface area contributed by atoms with Crippen molar-refractivity contribution in [2.45, 2.75) is 10.1 Å². The Morgan fingerprint density at radius 1 is 1.05 bits per heavy atom. The maximum Gasteiger partial charge on any atom is 0.179 e. The Bertz CT molecular complexity index is 692. The van der Waals surface area contributed by atoms with Crippen molar-refractivity contribution in [2.75, 3.05) is 11.5 Å². The molecule has 20 heavy (non-hydrogen) atoms. The van der Waals surface area contributed by atoms with Crippen LogP contribution in [0.2, 0.25) is 0 Å². The van der Waals surface area contributed by atoms with E-state index >= 15 is 0 Å². The first-order valence-electron chi connectivity index (χ1n) is 6.31. The van der Waals surface area contributed by atoms with Gasteiger partial charge in [-0.2, -0.15) is 11.8 Å². The summed E-state index contributed by atoms with van der Waals surface area (Å²) in [5, 5.41) is 0.263. The third kappa shape index (κ3) is 3.35. The van der Waals surface area contributed by atoms with Gasteiger partial charge in [0.25, 0.3) is 0 Å². The number of para-hydroxylation sites is 1. The van der Waals surface area contributed by atoms with Crippen LogP contribution in [0.5, 0.6) is 11.5 Å². The van der Waals surface area contributed by atoms with E-state index in [1.165, 1.54) is 0 Å². The molecule has 1 saturated heterocycles. The molecule has 0 N–H and O–H groups in total. The Kier molecular flexibility index (Phi) is 3.72. The maximum atomic E-state index is 12.2. The summed E-state index contributed by atoms with van der Waals surface area (Å²) in [4.78, 5) is 0.332. The van der Waals surface area contributed by atoms with Gasteiger partial charge in [-0.1, -0.05) is 24.3 Å². The third-order valence-corrected chi connectivity index (χ3v) is 5.95. The molecule has 0 radical (unpaired) electrons. The summed E-state index contributed by atoms with van der Waals surface area (Å²) in [6.45, 7) is 0. The zero-order valence-corrected chi connectivity index (χ0v) is 12.4. The molecule has 1 atom stereocenters. The van der Waals surface area contributed by atoms with Gasteiger partial charge in [-0.3, -0.25) is 0 Å². The fourth-order valence-corrected chi connectivity index (χ4v) is 4.57. The minimum atomic E-state index is -3.21. The summed E-state index contributed by atoms with van der Waals surface area (Å²) >= 11 is 1.69. The maximum absolute atomic E-state index is 12.2. The lowest BCUT2D eigenvalue weighted by atomic mass is 10.3. The second-order valence-electron chi connectivity index (χ2n) is 4.63. The smallest absolute Gasteiger partial charge is 0.179 e. The van der Waals surface area contributed by atoms with Gasteiger partial charge in [0.15, 0.2) is 9.84 Å². The van der Waals surface area contributed by atoms with Gasteiger partial charge in [0.2, 0.25) is 0 Å². The summed E-state index contributed by atoms with van der Waals surface area (Å²) in [5.74, 6) is 2.40. The summed E-state index contributed by atoms with van der Waals surface area (Å²) in [6.07, 6.45) is 0. The lowest BCUT2D eigenvalue weighted by molar-refractivity contribution is 0.480. The highest BCUT2D eigenvalue weighted by Gasteiger charge is 2.30. The summed E-state index contributed by atoms with van der Waals surface area (Å²) in [5.41, 5.74) is 0. The van der Waals surface area contributed by atoms with E-state index in [0.29, 0.717) is 16.4 Å². The molecule has 5 heteroatoms. The molecule has 104 valence electrons. The Morgan fingerprint density at radius 2 is 1.75 bits per heavy atom. The number of thioether (sulfide) groups is 1. The van der Waals surface area contributed by atoms with Gasteiger partial charge in [0.1, 0.15) is 11.5 Å². The van der Waals surface area contributed by atoms with Gasteiger partial charge >= 0.3 is 0 Å². The minimum Gasteiger partial charge on any atom is -0.457 e. The molecule has 1 unspecified atom stereocenters. The number of ether oxygens (including phenoxy) is 1. The van der Waals surface area contributed by atoms with Crippen LogP contribution in [0, 0.1) is 0 Å². The van der Waals surface area contributed by atoms with E-state index in [1.54, 1.807) is 36.0 Å². The van der Waals surface area contributed by atoms with E-state index in [0.717, 1.165) is 5.75 Å². The van der Waals surface area contributed by atoms with Gasteiger partial charge in [0.05, 0.1) is 10.6 Å². The predicted octanol–water partition coefficient (Wildman–Crippen LogP) is 3.37. The fourth-order valence-electron chi connectivity index (χ4n) is 1.86. The van der Waals surface area contributed by atoms with Crippen molar-refractivity contribution >= 4 is 21.6 Å². The van der Waals surface area contributed by atoms with Crippen molar-refractivity contribution < 1.29 is 13.2 Å². The lowest BCUT2D eigenvalue weighted by Gasteiger charge is -2.08. The molecular formula is C15H14O3S2. The Hall–Kier alpha value is -1.46. The van der Waals surface area contributed by atoms with Gasteiger partial charge in [-0.25, -0.2) is 8.42 Å². The normalized spacial score (nSPS) is 17.7. The van der Waals surface area contributed by atoms with Crippen LogP contribution in [0.3, 0.4) is 0 Å². The van der Waals surface area contributed by atoms with Crippen molar-refractivity contribution in [2.24, 2.45) is 0 Å². The quantitative estimate of drug-likeness (QED) is 0.794. The molecule has 2 aromatic rings. The number of benzene rings is 2. The van der Waals surface area contributed by atoms with Crippen LogP contribution in [0.1, 0.15) is 0 Å². The predicted molar refractivity (Wildman–Crippen MR) is 81.3 cm³/mol. The standard InChI is InChI=1S/C15H14O3S2/c16-20(17,11-14-10-19-14)15-8-4-7-13(9-15)18-12-5-2-1-3-6-12/h1-9,14H,10-11H2. The highest BCUT2D eigenvalue weighted by atomic mass is 32.2. The third-order valence-electron chi connectivity index (χ3n) is 2.95. The highest BCUT2D eigenvalue weighted by molar-refractivity contribution is 8.08. The van der Waals surface area contributed by atoms with Crippen molar-refractivity contribution in [1.29, 1.82) is 0 Å². The van der Waals surface area contributed by atoms with E-state index in [9.17, 15) is 8.42 Å². The number of hydrogen-bond acceptors (Lipinski definition) is 4. The molecule has 2 aromatic carbocycles. The zero-order valence-electron chi connectivity index (χ0n) is 10.7. The summed E-state index contributed by atoms with van der Waals surface area (Å²) in [6, 6.07) is 16.0. The van der Waals surface area contributed by atoms with Crippen molar-refractivity contribution in [3.8, 4) is 11.5 Å². The lowest BCUT2D eigenvalue weighted by Crippen LogP contribution is -2.10. The average molecular weight is 306 g/mol. The minimum absolute atomic E-state index is 0.215. The highest BCUT2D eigenvalue weighted by Crippen LogP contribution is 2.33. The molecule has 0 bridgehead atoms. The molecule has 1 fully saturated rings. The van der Waals surface area contributed by atoms with Crippen LogP contribution < -0.4 is 4.74 Å². The largest absolute Gasteiger partial charge is 0.457 e. The van der Waals surface area contributed by atoms with E-state index in [4.69, 9.17) is 4.74 Å². The van der Waals surface area contributed by atoms with Crippen molar-refractivity contribution in [3.05, 3.63) is 54.6 Å². The Balaban J connectivity index is 1.82. The zero-order chi connectivity index (χ0) is 14.0. The van der Waals surface area contributed by atoms with Crippen LogP contribution in [0.25, 0.3) is 0 Å². The van der Waals surface area contributed by atoms with Gasteiger partial charge < -0.3 is 4.74 Å². The van der Waals surface area contributed by atoms with Crippen LogP contribution in [-0.4, -0.2) is 25.2 Å². The van der Waals surface area contributed by atoms with E-state index < -0.39 is 9.84 Å². The average Bonchev–Trinajstić information content (AvgIpc) is 3.23. The molecule has 1 aliphatic heterocycles. The SMILES string of the molecule is O=S(=O)(CC1CS1)c1cccc(Oc2ccccc2)c1. The first-order chi connectivity index (χ1) is 9.63. The van der Waals surface area contributed by atoms with E-state index in [-0.39, 0.29) is 11.0 Å². The summed E-state index contributed by atoms with van der Waals surface area (Å²) in [7, 11) is -3.21. The molecule has 1 heterocycles. The molecule has 0 amide bonds. The van der Waals surface area contributed by atoms with Crippen LogP contribution >= 0.6 is 11.8 Å².